The maximum Gasteiger partial charge on any atom is 0.303 e. The minimum atomic E-state index is -0.884. The second kappa shape index (κ2) is 5.14. The lowest BCUT2D eigenvalue weighted by atomic mass is 10.2. The lowest BCUT2D eigenvalue weighted by Gasteiger charge is -2.04. The Morgan fingerprint density at radius 3 is 3.00 bits per heavy atom. The van der Waals surface area contributed by atoms with Gasteiger partial charge in [-0.25, -0.2) is 0 Å². The van der Waals surface area contributed by atoms with Crippen molar-refractivity contribution in [3.63, 3.8) is 0 Å². The van der Waals surface area contributed by atoms with E-state index in [1.807, 2.05) is 13.0 Å². The Bertz CT molecular complexity index is 582. The van der Waals surface area contributed by atoms with Crippen LogP contribution in [0.1, 0.15) is 17.8 Å². The molecule has 0 atom stereocenters. The van der Waals surface area contributed by atoms with Crippen LogP contribution in [-0.2, 0) is 11.2 Å². The minimum Gasteiger partial charge on any atom is -0.481 e. The first-order chi connectivity index (χ1) is 8.58. The molecule has 0 radical (unpaired) electrons. The highest BCUT2D eigenvalue weighted by Crippen LogP contribution is 2.20. The number of hydrogen-bond acceptors (Lipinski definition) is 4. The first-order valence-electron chi connectivity index (χ1n) is 5.34. The van der Waals surface area contributed by atoms with Crippen molar-refractivity contribution in [3.8, 4) is 5.69 Å². The topological polar surface area (TPSA) is 80.9 Å². The van der Waals surface area contributed by atoms with Crippen molar-refractivity contribution in [2.24, 2.45) is 0 Å². The van der Waals surface area contributed by atoms with Crippen LogP contribution in [0.3, 0.4) is 0 Å². The first-order valence-corrected chi connectivity index (χ1v) is 5.72. The number of aryl methyl sites for hydroxylation is 1. The highest BCUT2D eigenvalue weighted by Gasteiger charge is 2.10. The molecular weight excluding hydrogens is 256 g/mol. The molecule has 0 aliphatic carbocycles. The Kier molecular flexibility index (Phi) is 3.57. The summed E-state index contributed by atoms with van der Waals surface area (Å²) in [5.74, 6) is -0.484. The third-order valence-electron chi connectivity index (χ3n) is 2.47. The van der Waals surface area contributed by atoms with Crippen molar-refractivity contribution in [2.45, 2.75) is 19.8 Å². The molecule has 1 N–H and O–H groups in total. The standard InChI is InChI=1S/C11H11ClN4O2/c1-7-8(12)3-2-4-9(7)16-14-10(13-15-16)5-6-11(17)18/h2-4H,5-6H2,1H3,(H,17,18). The largest absolute Gasteiger partial charge is 0.481 e. The smallest absolute Gasteiger partial charge is 0.303 e. The van der Waals surface area contributed by atoms with E-state index in [2.05, 4.69) is 15.4 Å². The van der Waals surface area contributed by atoms with E-state index in [0.29, 0.717) is 10.8 Å². The predicted molar refractivity (Wildman–Crippen MR) is 64.9 cm³/mol. The summed E-state index contributed by atoms with van der Waals surface area (Å²) in [5.41, 5.74) is 1.58. The molecule has 1 aromatic heterocycles. The molecule has 94 valence electrons. The molecule has 0 fully saturated rings. The number of benzene rings is 1. The molecular formula is C11H11ClN4O2. The number of aromatic nitrogens is 4. The van der Waals surface area contributed by atoms with Gasteiger partial charge in [-0.05, 0) is 29.8 Å². The zero-order valence-corrected chi connectivity index (χ0v) is 10.4. The van der Waals surface area contributed by atoms with Gasteiger partial charge in [0.2, 0.25) is 0 Å². The number of aliphatic carboxylic acids is 1. The summed E-state index contributed by atoms with van der Waals surface area (Å²) in [6.45, 7) is 1.86. The number of carbonyl (C=O) groups is 1. The summed E-state index contributed by atoms with van der Waals surface area (Å²) in [6.07, 6.45) is 0.245. The molecule has 2 aromatic rings. The molecule has 7 heteroatoms. The Hall–Kier alpha value is -1.95. The van der Waals surface area contributed by atoms with Crippen molar-refractivity contribution < 1.29 is 9.90 Å². The fraction of sp³-hybridized carbons (Fsp3) is 0.273. The molecule has 0 unspecified atom stereocenters. The molecule has 0 aliphatic heterocycles. The van der Waals surface area contributed by atoms with Gasteiger partial charge in [-0.2, -0.15) is 0 Å². The Morgan fingerprint density at radius 2 is 2.28 bits per heavy atom. The summed E-state index contributed by atoms with van der Waals surface area (Å²) in [4.78, 5) is 11.8. The zero-order valence-electron chi connectivity index (χ0n) is 9.67. The molecule has 0 aliphatic rings. The summed E-state index contributed by atoms with van der Waals surface area (Å²) in [7, 11) is 0. The van der Waals surface area contributed by atoms with Crippen LogP contribution < -0.4 is 0 Å². The number of rotatable bonds is 4. The van der Waals surface area contributed by atoms with Crippen LogP contribution in [0, 0.1) is 6.92 Å². The summed E-state index contributed by atoms with van der Waals surface area (Å²) in [6, 6.07) is 5.40. The highest BCUT2D eigenvalue weighted by molar-refractivity contribution is 6.31. The lowest BCUT2D eigenvalue weighted by molar-refractivity contribution is -0.137. The van der Waals surface area contributed by atoms with Gasteiger partial charge in [0, 0.05) is 11.4 Å². The first kappa shape index (κ1) is 12.5. The van der Waals surface area contributed by atoms with Crippen LogP contribution in [0.4, 0.5) is 0 Å². The maximum absolute atomic E-state index is 10.4. The Balaban J connectivity index is 2.24. The second-order valence-corrected chi connectivity index (χ2v) is 4.18. The number of nitrogens with zero attached hydrogens (tertiary/aromatic N) is 4. The maximum atomic E-state index is 10.4. The molecule has 18 heavy (non-hydrogen) atoms. The fourth-order valence-electron chi connectivity index (χ4n) is 1.48. The van der Waals surface area contributed by atoms with Gasteiger partial charge in [0.05, 0.1) is 12.1 Å². The Morgan fingerprint density at radius 1 is 1.50 bits per heavy atom. The SMILES string of the molecule is Cc1c(Cl)cccc1-n1nnc(CCC(=O)O)n1. The van der Waals surface area contributed by atoms with E-state index in [1.54, 1.807) is 12.1 Å². The molecule has 1 heterocycles. The number of hydrogen-bond donors (Lipinski definition) is 1. The van der Waals surface area contributed by atoms with Crippen LogP contribution in [-0.4, -0.2) is 31.3 Å². The van der Waals surface area contributed by atoms with E-state index in [1.165, 1.54) is 4.80 Å². The van der Waals surface area contributed by atoms with Gasteiger partial charge in [0.25, 0.3) is 0 Å². The summed E-state index contributed by atoms with van der Waals surface area (Å²) in [5, 5.41) is 21.0. The molecule has 0 bridgehead atoms. The van der Waals surface area contributed by atoms with E-state index in [0.717, 1.165) is 11.3 Å². The normalized spacial score (nSPS) is 10.6. The van der Waals surface area contributed by atoms with Gasteiger partial charge in [0.15, 0.2) is 5.82 Å². The zero-order chi connectivity index (χ0) is 13.1. The van der Waals surface area contributed by atoms with Crippen LogP contribution in [0.25, 0.3) is 5.69 Å². The van der Waals surface area contributed by atoms with E-state index >= 15 is 0 Å². The van der Waals surface area contributed by atoms with Gasteiger partial charge in [-0.1, -0.05) is 17.7 Å². The van der Waals surface area contributed by atoms with Gasteiger partial charge in [-0.15, -0.1) is 15.0 Å². The number of carboxylic acid groups (broad SMARTS) is 1. The monoisotopic (exact) mass is 266 g/mol. The van der Waals surface area contributed by atoms with Crippen molar-refractivity contribution in [1.29, 1.82) is 0 Å². The number of carboxylic acids is 1. The van der Waals surface area contributed by atoms with E-state index in [9.17, 15) is 4.79 Å². The van der Waals surface area contributed by atoms with Gasteiger partial charge >= 0.3 is 5.97 Å². The quantitative estimate of drug-likeness (QED) is 0.910. The summed E-state index contributed by atoms with van der Waals surface area (Å²) >= 11 is 6.01. The van der Waals surface area contributed by atoms with Crippen LogP contribution in [0.15, 0.2) is 18.2 Å². The lowest BCUT2D eigenvalue weighted by Crippen LogP contribution is -2.03. The second-order valence-electron chi connectivity index (χ2n) is 3.77. The van der Waals surface area contributed by atoms with Crippen LogP contribution >= 0.6 is 11.6 Å². The van der Waals surface area contributed by atoms with Crippen molar-refractivity contribution >= 4 is 17.6 Å². The Labute approximate surface area is 108 Å². The molecule has 0 saturated carbocycles. The van der Waals surface area contributed by atoms with Gasteiger partial charge < -0.3 is 5.11 Å². The minimum absolute atomic E-state index is 0.0137. The highest BCUT2D eigenvalue weighted by atomic mass is 35.5. The third kappa shape index (κ3) is 2.65. The van der Waals surface area contributed by atoms with E-state index in [-0.39, 0.29) is 12.8 Å². The number of halogens is 1. The van der Waals surface area contributed by atoms with Crippen LogP contribution in [0.2, 0.25) is 5.02 Å². The molecule has 0 spiro atoms. The predicted octanol–water partition coefficient (Wildman–Crippen LogP) is 1.64. The van der Waals surface area contributed by atoms with Crippen LogP contribution in [0.5, 0.6) is 0 Å². The molecule has 6 nitrogen and oxygen atoms in total. The molecule has 2 rings (SSSR count). The molecule has 0 saturated heterocycles. The average molecular weight is 267 g/mol. The van der Waals surface area contributed by atoms with Crippen molar-refractivity contribution in [1.82, 2.24) is 20.2 Å². The van der Waals surface area contributed by atoms with E-state index in [4.69, 9.17) is 16.7 Å². The van der Waals surface area contributed by atoms with E-state index < -0.39 is 5.97 Å². The molecule has 0 amide bonds. The van der Waals surface area contributed by atoms with Crippen molar-refractivity contribution in [2.75, 3.05) is 0 Å². The average Bonchev–Trinajstić information content (AvgIpc) is 2.78. The van der Waals surface area contributed by atoms with Gasteiger partial charge in [-0.3, -0.25) is 4.79 Å². The summed E-state index contributed by atoms with van der Waals surface area (Å²) < 4.78 is 0. The third-order valence-corrected chi connectivity index (χ3v) is 2.88. The fourth-order valence-corrected chi connectivity index (χ4v) is 1.65. The van der Waals surface area contributed by atoms with Crippen molar-refractivity contribution in [3.05, 3.63) is 34.6 Å². The van der Waals surface area contributed by atoms with Gasteiger partial charge in [0.1, 0.15) is 0 Å². The number of tetrazole rings is 1. The molecule has 1 aromatic carbocycles.